The van der Waals surface area contributed by atoms with E-state index >= 15 is 0 Å². The average Bonchev–Trinajstić information content (AvgIpc) is 2.63. The molecule has 1 fully saturated rings. The van der Waals surface area contributed by atoms with Gasteiger partial charge in [0, 0.05) is 12.8 Å². The Morgan fingerprint density at radius 2 is 2.08 bits per heavy atom. The molecule has 1 N–H and O–H groups in total. The molecule has 0 saturated carbocycles. The average molecular weight is 354 g/mol. The molecule has 1 aliphatic heterocycles. The zero-order valence-electron chi connectivity index (χ0n) is 14.8. The number of aliphatic hydroxyl groups is 1. The topological polar surface area (TPSA) is 38.7 Å². The zero-order chi connectivity index (χ0) is 18.5. The van der Waals surface area contributed by atoms with E-state index in [1.165, 1.54) is 6.07 Å². The van der Waals surface area contributed by atoms with Gasteiger partial charge in [0.25, 0.3) is 0 Å². The van der Waals surface area contributed by atoms with Gasteiger partial charge in [-0.3, -0.25) is 0 Å². The van der Waals surface area contributed by atoms with Crippen LogP contribution in [0.15, 0.2) is 42.5 Å². The molecule has 2 aromatic carbocycles. The number of para-hydroxylation sites is 1. The smallest absolute Gasteiger partial charge is 0.202 e. The number of ether oxygens (including phenoxy) is 2. The fourth-order valence-corrected chi connectivity index (χ4v) is 3.20. The van der Waals surface area contributed by atoms with Gasteiger partial charge in [-0.15, -0.1) is 6.42 Å². The predicted molar refractivity (Wildman–Crippen MR) is 98.4 cm³/mol. The normalized spacial score (nSPS) is 22.6. The molecule has 1 heterocycles. The second-order valence-corrected chi connectivity index (χ2v) is 6.58. The Bertz CT molecular complexity index is 796. The number of benzene rings is 2. The van der Waals surface area contributed by atoms with Gasteiger partial charge in [0.05, 0.1) is 17.8 Å². The van der Waals surface area contributed by atoms with Crippen molar-refractivity contribution in [3.63, 3.8) is 0 Å². The summed E-state index contributed by atoms with van der Waals surface area (Å²) in [6.07, 6.45) is 6.80. The lowest BCUT2D eigenvalue weighted by atomic mass is 10.0. The summed E-state index contributed by atoms with van der Waals surface area (Å²) in [6, 6.07) is 12.5. The molecule has 3 rings (SSSR count). The molecule has 3 atom stereocenters. The summed E-state index contributed by atoms with van der Waals surface area (Å²) in [5.41, 5.74) is 2.00. The molecule has 0 spiro atoms. The fraction of sp³-hybridized carbons (Fsp3) is 0.364. The van der Waals surface area contributed by atoms with Crippen molar-refractivity contribution >= 4 is 0 Å². The Labute approximate surface area is 153 Å². The van der Waals surface area contributed by atoms with E-state index in [9.17, 15) is 9.50 Å². The Kier molecular flexibility index (Phi) is 5.92. The minimum Gasteiger partial charge on any atom is -0.465 e. The molecule has 3 unspecified atom stereocenters. The number of hydrogen-bond acceptors (Lipinski definition) is 3. The van der Waals surface area contributed by atoms with Crippen LogP contribution in [0, 0.1) is 18.2 Å². The molecule has 0 amide bonds. The molecular formula is C22H23FO3. The summed E-state index contributed by atoms with van der Waals surface area (Å²) in [7, 11) is 0. The molecule has 136 valence electrons. The van der Waals surface area contributed by atoms with Crippen LogP contribution in [-0.2, 0) is 11.2 Å². The van der Waals surface area contributed by atoms with Gasteiger partial charge in [0.2, 0.25) is 6.29 Å². The summed E-state index contributed by atoms with van der Waals surface area (Å²) in [5.74, 6) is 2.61. The fourth-order valence-electron chi connectivity index (χ4n) is 3.20. The first-order valence-electron chi connectivity index (χ1n) is 8.92. The minimum atomic E-state index is -0.481. The SMILES string of the molecule is C#Cc1ccc(Cc2ccccc2OC2CC(O)CC(CC)O2)cc1F. The van der Waals surface area contributed by atoms with E-state index in [1.54, 1.807) is 6.07 Å². The summed E-state index contributed by atoms with van der Waals surface area (Å²) in [4.78, 5) is 0. The van der Waals surface area contributed by atoms with E-state index in [4.69, 9.17) is 15.9 Å². The van der Waals surface area contributed by atoms with Crippen LogP contribution in [0.2, 0.25) is 0 Å². The first-order valence-corrected chi connectivity index (χ1v) is 8.92. The molecule has 0 bridgehead atoms. The molecule has 3 nitrogen and oxygen atoms in total. The standard InChI is InChI=1S/C22H23FO3/c1-3-16-10-9-15(12-20(16)23)11-17-7-5-6-8-21(17)26-22-14-18(24)13-19(4-2)25-22/h1,5-10,12,18-19,22,24H,4,11,13-14H2,2H3. The third kappa shape index (κ3) is 4.43. The van der Waals surface area contributed by atoms with Crippen LogP contribution < -0.4 is 4.74 Å². The van der Waals surface area contributed by atoms with Gasteiger partial charge in [0.1, 0.15) is 11.6 Å². The third-order valence-corrected chi connectivity index (χ3v) is 4.61. The van der Waals surface area contributed by atoms with Crippen LogP contribution in [0.25, 0.3) is 0 Å². The Hall–Kier alpha value is -2.35. The Balaban J connectivity index is 1.76. The largest absolute Gasteiger partial charge is 0.465 e. The van der Waals surface area contributed by atoms with Crippen LogP contribution in [0.3, 0.4) is 0 Å². The monoisotopic (exact) mass is 354 g/mol. The van der Waals surface area contributed by atoms with Crippen LogP contribution >= 0.6 is 0 Å². The zero-order valence-corrected chi connectivity index (χ0v) is 14.8. The predicted octanol–water partition coefficient (Wildman–Crippen LogP) is 4.05. The van der Waals surface area contributed by atoms with Crippen LogP contribution in [0.1, 0.15) is 42.9 Å². The molecule has 1 aliphatic rings. The summed E-state index contributed by atoms with van der Waals surface area (Å²) < 4.78 is 25.9. The van der Waals surface area contributed by atoms with Gasteiger partial charge in [-0.05, 0) is 42.2 Å². The maximum Gasteiger partial charge on any atom is 0.202 e. The van der Waals surface area contributed by atoms with Crippen molar-refractivity contribution in [2.24, 2.45) is 0 Å². The molecular weight excluding hydrogens is 331 g/mol. The van der Waals surface area contributed by atoms with E-state index in [0.29, 0.717) is 25.0 Å². The maximum atomic E-state index is 13.9. The number of terminal acetylenes is 1. The van der Waals surface area contributed by atoms with Crippen molar-refractivity contribution in [1.29, 1.82) is 0 Å². The van der Waals surface area contributed by atoms with Gasteiger partial charge in [-0.2, -0.15) is 0 Å². The molecule has 0 aliphatic carbocycles. The van der Waals surface area contributed by atoms with Crippen LogP contribution in [0.5, 0.6) is 5.75 Å². The van der Waals surface area contributed by atoms with Crippen molar-refractivity contribution in [2.75, 3.05) is 0 Å². The van der Waals surface area contributed by atoms with Crippen LogP contribution in [-0.4, -0.2) is 23.6 Å². The molecule has 0 radical (unpaired) electrons. The maximum absolute atomic E-state index is 13.9. The van der Waals surface area contributed by atoms with E-state index in [2.05, 4.69) is 5.92 Å². The number of rotatable bonds is 5. The van der Waals surface area contributed by atoms with Crippen molar-refractivity contribution in [2.45, 2.75) is 51.1 Å². The summed E-state index contributed by atoms with van der Waals surface area (Å²) >= 11 is 0. The number of hydrogen-bond donors (Lipinski definition) is 1. The van der Waals surface area contributed by atoms with Gasteiger partial charge in [-0.25, -0.2) is 4.39 Å². The van der Waals surface area contributed by atoms with E-state index < -0.39 is 18.2 Å². The lowest BCUT2D eigenvalue weighted by Crippen LogP contribution is -2.38. The van der Waals surface area contributed by atoms with Crippen molar-refractivity contribution in [3.05, 3.63) is 65.0 Å². The molecule has 0 aromatic heterocycles. The van der Waals surface area contributed by atoms with Gasteiger partial charge < -0.3 is 14.6 Å². The van der Waals surface area contributed by atoms with E-state index in [-0.39, 0.29) is 11.7 Å². The highest BCUT2D eigenvalue weighted by Gasteiger charge is 2.29. The highest BCUT2D eigenvalue weighted by Crippen LogP contribution is 2.28. The van der Waals surface area contributed by atoms with Gasteiger partial charge in [-0.1, -0.05) is 37.1 Å². The first kappa shape index (κ1) is 18.4. The highest BCUT2D eigenvalue weighted by molar-refractivity contribution is 5.41. The summed E-state index contributed by atoms with van der Waals surface area (Å²) in [6.45, 7) is 2.03. The summed E-state index contributed by atoms with van der Waals surface area (Å²) in [5, 5.41) is 10.0. The van der Waals surface area contributed by atoms with E-state index in [1.807, 2.05) is 37.3 Å². The first-order chi connectivity index (χ1) is 12.6. The number of halogens is 1. The van der Waals surface area contributed by atoms with Gasteiger partial charge in [0.15, 0.2) is 0 Å². The lowest BCUT2D eigenvalue weighted by Gasteiger charge is -2.33. The van der Waals surface area contributed by atoms with Crippen molar-refractivity contribution in [3.8, 4) is 18.1 Å². The molecule has 4 heteroatoms. The Morgan fingerprint density at radius 1 is 1.27 bits per heavy atom. The van der Waals surface area contributed by atoms with Crippen LogP contribution in [0.4, 0.5) is 4.39 Å². The molecule has 2 aromatic rings. The van der Waals surface area contributed by atoms with Gasteiger partial charge >= 0.3 is 0 Å². The lowest BCUT2D eigenvalue weighted by molar-refractivity contribution is -0.176. The second-order valence-electron chi connectivity index (χ2n) is 6.58. The Morgan fingerprint density at radius 3 is 2.81 bits per heavy atom. The second kappa shape index (κ2) is 8.35. The van der Waals surface area contributed by atoms with Crippen molar-refractivity contribution < 1.29 is 19.0 Å². The minimum absolute atomic E-state index is 0.00122. The van der Waals surface area contributed by atoms with Crippen molar-refractivity contribution in [1.82, 2.24) is 0 Å². The quantitative estimate of drug-likeness (QED) is 0.823. The highest BCUT2D eigenvalue weighted by atomic mass is 19.1. The number of aliphatic hydroxyl groups excluding tert-OH is 1. The third-order valence-electron chi connectivity index (χ3n) is 4.61. The molecule has 1 saturated heterocycles. The molecule has 26 heavy (non-hydrogen) atoms. The van der Waals surface area contributed by atoms with E-state index in [0.717, 1.165) is 17.5 Å².